The van der Waals surface area contributed by atoms with Crippen LogP contribution in [0.5, 0.6) is 0 Å². The topological polar surface area (TPSA) is 90.9 Å². The van der Waals surface area contributed by atoms with Gasteiger partial charge in [0, 0.05) is 25.2 Å². The molecule has 1 aromatic rings. The number of piperidine rings is 1. The molecule has 1 saturated heterocycles. The van der Waals surface area contributed by atoms with Gasteiger partial charge in [-0.25, -0.2) is 4.79 Å². The van der Waals surface area contributed by atoms with Crippen LogP contribution in [-0.4, -0.2) is 59.8 Å². The summed E-state index contributed by atoms with van der Waals surface area (Å²) in [5, 5.41) is 15.7. The van der Waals surface area contributed by atoms with E-state index in [2.05, 4.69) is 15.5 Å². The number of ether oxygens (including phenoxy) is 1. The Balaban J connectivity index is 1.30. The third-order valence-corrected chi connectivity index (χ3v) is 5.66. The van der Waals surface area contributed by atoms with Gasteiger partial charge in [-0.3, -0.25) is 9.69 Å². The summed E-state index contributed by atoms with van der Waals surface area (Å²) >= 11 is 0. The largest absolute Gasteiger partial charge is 0.445 e. The number of amides is 2. The summed E-state index contributed by atoms with van der Waals surface area (Å²) in [6, 6.07) is 9.79. The second-order valence-electron chi connectivity index (χ2n) is 7.71. The van der Waals surface area contributed by atoms with Crippen molar-refractivity contribution >= 4 is 12.0 Å². The quantitative estimate of drug-likeness (QED) is 0.690. The summed E-state index contributed by atoms with van der Waals surface area (Å²) in [4.78, 5) is 26.2. The van der Waals surface area contributed by atoms with E-state index in [-0.39, 0.29) is 37.2 Å². The average Bonchev–Trinajstić information content (AvgIpc) is 2.72. The number of carbonyl (C=O) groups excluding carboxylic acids is 2. The summed E-state index contributed by atoms with van der Waals surface area (Å²) in [5.41, 5.74) is 0.900. The number of aliphatic hydroxyl groups is 1. The highest BCUT2D eigenvalue weighted by Gasteiger charge is 2.31. The van der Waals surface area contributed by atoms with Crippen LogP contribution >= 0.6 is 0 Å². The van der Waals surface area contributed by atoms with Crippen LogP contribution in [0.1, 0.15) is 44.1 Å². The number of aliphatic hydroxyl groups excluding tert-OH is 1. The molecule has 0 unspecified atom stereocenters. The minimum Gasteiger partial charge on any atom is -0.445 e. The number of benzene rings is 1. The molecule has 2 aliphatic rings. The molecule has 0 bridgehead atoms. The van der Waals surface area contributed by atoms with Gasteiger partial charge in [-0.05, 0) is 31.2 Å². The van der Waals surface area contributed by atoms with E-state index in [1.807, 2.05) is 30.3 Å². The summed E-state index contributed by atoms with van der Waals surface area (Å²) in [5.74, 6) is -0.201. The van der Waals surface area contributed by atoms with Crippen molar-refractivity contribution in [3.63, 3.8) is 0 Å². The predicted molar refractivity (Wildman–Crippen MR) is 106 cm³/mol. The molecule has 2 fully saturated rings. The first-order chi connectivity index (χ1) is 13.6. The summed E-state index contributed by atoms with van der Waals surface area (Å²) in [6.07, 6.45) is 5.18. The van der Waals surface area contributed by atoms with Crippen LogP contribution in [0.3, 0.4) is 0 Å². The van der Waals surface area contributed by atoms with Crippen molar-refractivity contribution in [2.24, 2.45) is 0 Å². The van der Waals surface area contributed by atoms with Gasteiger partial charge in [-0.2, -0.15) is 0 Å². The van der Waals surface area contributed by atoms with Crippen LogP contribution in [0.2, 0.25) is 0 Å². The lowest BCUT2D eigenvalue weighted by Crippen LogP contribution is -2.53. The van der Waals surface area contributed by atoms with Gasteiger partial charge >= 0.3 is 6.09 Å². The number of rotatable bonds is 6. The van der Waals surface area contributed by atoms with Gasteiger partial charge in [0.2, 0.25) is 5.91 Å². The maximum absolute atomic E-state index is 12.1. The molecular weight excluding hydrogens is 358 g/mol. The molecule has 2 atom stereocenters. The van der Waals surface area contributed by atoms with E-state index < -0.39 is 6.09 Å². The highest BCUT2D eigenvalue weighted by molar-refractivity contribution is 5.82. The molecule has 0 spiro atoms. The lowest BCUT2D eigenvalue weighted by Gasteiger charge is -2.41. The highest BCUT2D eigenvalue weighted by Crippen LogP contribution is 2.25. The fourth-order valence-electron chi connectivity index (χ4n) is 4.10. The molecule has 1 aromatic carbocycles. The number of likely N-dealkylation sites (tertiary alicyclic amines) is 1. The zero-order valence-electron chi connectivity index (χ0n) is 16.3. The molecule has 2 amide bonds. The number of hydrogen-bond acceptors (Lipinski definition) is 5. The Morgan fingerprint density at radius 3 is 2.50 bits per heavy atom. The minimum atomic E-state index is -0.597. The van der Waals surface area contributed by atoms with E-state index in [9.17, 15) is 14.7 Å². The molecule has 1 aliphatic heterocycles. The fourth-order valence-corrected chi connectivity index (χ4v) is 4.10. The Labute approximate surface area is 166 Å². The van der Waals surface area contributed by atoms with Crippen molar-refractivity contribution in [1.29, 1.82) is 0 Å². The SMILES string of the molecule is O=C(CNC(=O)OCc1ccccc1)NC1CCN([C@@H]2CCCC[C@@H]2O)CC1. The van der Waals surface area contributed by atoms with E-state index in [4.69, 9.17) is 4.74 Å². The van der Waals surface area contributed by atoms with E-state index in [0.717, 1.165) is 50.8 Å². The molecule has 1 saturated carbocycles. The van der Waals surface area contributed by atoms with Crippen LogP contribution in [-0.2, 0) is 16.1 Å². The lowest BCUT2D eigenvalue weighted by molar-refractivity contribution is -0.121. The van der Waals surface area contributed by atoms with Crippen LogP contribution in [0.25, 0.3) is 0 Å². The van der Waals surface area contributed by atoms with Crippen LogP contribution in [0.4, 0.5) is 4.79 Å². The lowest BCUT2D eigenvalue weighted by atomic mass is 9.89. The number of hydrogen-bond donors (Lipinski definition) is 3. The van der Waals surface area contributed by atoms with Crippen LogP contribution < -0.4 is 10.6 Å². The first-order valence-corrected chi connectivity index (χ1v) is 10.3. The number of nitrogens with one attached hydrogen (secondary N) is 2. The van der Waals surface area contributed by atoms with Gasteiger partial charge in [0.05, 0.1) is 6.10 Å². The van der Waals surface area contributed by atoms with Gasteiger partial charge in [-0.15, -0.1) is 0 Å². The predicted octanol–water partition coefficient (Wildman–Crippen LogP) is 1.80. The molecule has 3 N–H and O–H groups in total. The van der Waals surface area contributed by atoms with Crippen LogP contribution in [0, 0.1) is 0 Å². The van der Waals surface area contributed by atoms with E-state index in [1.165, 1.54) is 6.42 Å². The molecule has 3 rings (SSSR count). The van der Waals surface area contributed by atoms with E-state index in [1.54, 1.807) is 0 Å². The molecule has 1 heterocycles. The van der Waals surface area contributed by atoms with Gasteiger partial charge < -0.3 is 20.5 Å². The second-order valence-corrected chi connectivity index (χ2v) is 7.71. The average molecular weight is 389 g/mol. The second kappa shape index (κ2) is 10.4. The van der Waals surface area contributed by atoms with Crippen molar-refractivity contribution in [1.82, 2.24) is 15.5 Å². The van der Waals surface area contributed by atoms with Gasteiger partial charge in [0.15, 0.2) is 0 Å². The number of alkyl carbamates (subject to hydrolysis) is 1. The Morgan fingerprint density at radius 1 is 1.07 bits per heavy atom. The fraction of sp³-hybridized carbons (Fsp3) is 0.619. The molecule has 0 radical (unpaired) electrons. The van der Waals surface area contributed by atoms with Crippen molar-refractivity contribution in [2.75, 3.05) is 19.6 Å². The van der Waals surface area contributed by atoms with Gasteiger partial charge in [-0.1, -0.05) is 43.2 Å². The van der Waals surface area contributed by atoms with Crippen LogP contribution in [0.15, 0.2) is 30.3 Å². The minimum absolute atomic E-state index is 0.0881. The molecular formula is C21H31N3O4. The maximum Gasteiger partial charge on any atom is 0.407 e. The van der Waals surface area contributed by atoms with Gasteiger partial charge in [0.25, 0.3) is 0 Å². The maximum atomic E-state index is 12.1. The van der Waals surface area contributed by atoms with Gasteiger partial charge in [0.1, 0.15) is 13.2 Å². The Morgan fingerprint density at radius 2 is 1.79 bits per heavy atom. The summed E-state index contributed by atoms with van der Waals surface area (Å²) in [6.45, 7) is 1.87. The normalized spacial score (nSPS) is 23.8. The monoisotopic (exact) mass is 389 g/mol. The first-order valence-electron chi connectivity index (χ1n) is 10.3. The van der Waals surface area contributed by atoms with Crippen molar-refractivity contribution in [3.8, 4) is 0 Å². The molecule has 7 heteroatoms. The molecule has 28 heavy (non-hydrogen) atoms. The van der Waals surface area contributed by atoms with Crippen molar-refractivity contribution in [3.05, 3.63) is 35.9 Å². The van der Waals surface area contributed by atoms with E-state index in [0.29, 0.717) is 0 Å². The zero-order chi connectivity index (χ0) is 19.8. The number of carbonyl (C=O) groups is 2. The van der Waals surface area contributed by atoms with Crippen molar-refractivity contribution in [2.45, 2.75) is 63.3 Å². The standard InChI is InChI=1S/C21H31N3O4/c25-19-9-5-4-8-18(19)24-12-10-17(11-13-24)23-20(26)14-22-21(27)28-15-16-6-2-1-3-7-16/h1-3,6-7,17-19,25H,4-5,8-15H2,(H,22,27)(H,23,26)/t18-,19+/m1/s1. The smallest absolute Gasteiger partial charge is 0.407 e. The summed E-state index contributed by atoms with van der Waals surface area (Å²) in [7, 11) is 0. The molecule has 0 aromatic heterocycles. The molecule has 7 nitrogen and oxygen atoms in total. The zero-order valence-corrected chi connectivity index (χ0v) is 16.3. The Hall–Kier alpha value is -2.12. The molecule has 154 valence electrons. The Bertz CT molecular complexity index is 632. The number of nitrogens with zero attached hydrogens (tertiary/aromatic N) is 1. The van der Waals surface area contributed by atoms with E-state index >= 15 is 0 Å². The highest BCUT2D eigenvalue weighted by atomic mass is 16.5. The van der Waals surface area contributed by atoms with Crippen molar-refractivity contribution < 1.29 is 19.4 Å². The third-order valence-electron chi connectivity index (χ3n) is 5.66. The summed E-state index contributed by atoms with van der Waals surface area (Å²) < 4.78 is 5.10. The Kier molecular flexibility index (Phi) is 7.68. The first kappa shape index (κ1) is 20.6. The third kappa shape index (κ3) is 6.21. The molecule has 1 aliphatic carbocycles.